The number of amides is 1. The molecule has 1 aliphatic rings. The van der Waals surface area contributed by atoms with Crippen LogP contribution >= 0.6 is 0 Å². The molecule has 1 aliphatic heterocycles. The summed E-state index contributed by atoms with van der Waals surface area (Å²) in [6, 6.07) is 10.3. The third-order valence-corrected chi connectivity index (χ3v) is 4.03. The summed E-state index contributed by atoms with van der Waals surface area (Å²) in [7, 11) is 2.04. The van der Waals surface area contributed by atoms with Crippen molar-refractivity contribution < 1.29 is 4.79 Å². The second kappa shape index (κ2) is 8.35. The first-order valence-corrected chi connectivity index (χ1v) is 7.97. The lowest BCUT2D eigenvalue weighted by molar-refractivity contribution is -0.128. The van der Waals surface area contributed by atoms with Gasteiger partial charge < -0.3 is 15.1 Å². The van der Waals surface area contributed by atoms with E-state index >= 15 is 0 Å². The Bertz CT molecular complexity index is 610. The summed E-state index contributed by atoms with van der Waals surface area (Å²) in [5.74, 6) is -0.177. The minimum atomic E-state index is -0.177. The monoisotopic (exact) mass is 312 g/mol. The highest BCUT2D eigenvalue weighted by atomic mass is 16.2. The van der Waals surface area contributed by atoms with E-state index in [2.05, 4.69) is 35.3 Å². The lowest BCUT2D eigenvalue weighted by atomic mass is 10.1. The average Bonchev–Trinajstić information content (AvgIpc) is 2.55. The van der Waals surface area contributed by atoms with E-state index in [4.69, 9.17) is 0 Å². The first-order chi connectivity index (χ1) is 11.1. The standard InChI is InChI=1S/C18H24N4O/c1-15-4-3-5-16(12-15)6-7-20-14-17(13-19)18(23)22-10-8-21(2)9-11-22/h3-5,12,14,20H,6-11H2,1-2H3/b17-14-. The minimum Gasteiger partial charge on any atom is -0.389 e. The van der Waals surface area contributed by atoms with Gasteiger partial charge in [-0.25, -0.2) is 0 Å². The second-order valence-corrected chi connectivity index (χ2v) is 5.96. The van der Waals surface area contributed by atoms with Crippen molar-refractivity contribution in [3.05, 3.63) is 47.2 Å². The van der Waals surface area contributed by atoms with Gasteiger partial charge in [-0.2, -0.15) is 5.26 Å². The molecule has 1 aromatic carbocycles. The quantitative estimate of drug-likeness (QED) is 0.506. The lowest BCUT2D eigenvalue weighted by Crippen LogP contribution is -2.47. The molecule has 5 nitrogen and oxygen atoms in total. The molecule has 0 aliphatic carbocycles. The first-order valence-electron chi connectivity index (χ1n) is 7.97. The van der Waals surface area contributed by atoms with Crippen molar-refractivity contribution in [2.45, 2.75) is 13.3 Å². The van der Waals surface area contributed by atoms with Gasteiger partial charge in [-0.1, -0.05) is 29.8 Å². The number of hydrogen-bond acceptors (Lipinski definition) is 4. The van der Waals surface area contributed by atoms with Crippen molar-refractivity contribution in [3.63, 3.8) is 0 Å². The normalized spacial score (nSPS) is 16.0. The Morgan fingerprint density at radius 1 is 1.35 bits per heavy atom. The largest absolute Gasteiger partial charge is 0.389 e. The maximum Gasteiger partial charge on any atom is 0.266 e. The first kappa shape index (κ1) is 17.0. The molecule has 1 heterocycles. The number of carbonyl (C=O) groups excluding carboxylic acids is 1. The molecule has 0 atom stereocenters. The molecule has 0 aromatic heterocycles. The van der Waals surface area contributed by atoms with Crippen LogP contribution in [0.15, 0.2) is 36.0 Å². The molecule has 0 bridgehead atoms. The average molecular weight is 312 g/mol. The van der Waals surface area contributed by atoms with Gasteiger partial charge >= 0.3 is 0 Å². The van der Waals surface area contributed by atoms with Gasteiger partial charge in [0, 0.05) is 38.9 Å². The van der Waals surface area contributed by atoms with Crippen LogP contribution in [0.5, 0.6) is 0 Å². The molecule has 1 N–H and O–H groups in total. The van der Waals surface area contributed by atoms with Crippen LogP contribution < -0.4 is 5.32 Å². The Labute approximate surface area is 138 Å². The summed E-state index contributed by atoms with van der Waals surface area (Å²) in [4.78, 5) is 16.2. The maximum atomic E-state index is 12.3. The van der Waals surface area contributed by atoms with Crippen molar-refractivity contribution in [1.29, 1.82) is 5.26 Å². The molecule has 0 radical (unpaired) electrons. The third kappa shape index (κ3) is 5.11. The van der Waals surface area contributed by atoms with Crippen LogP contribution in [0.2, 0.25) is 0 Å². The number of likely N-dealkylation sites (N-methyl/N-ethyl adjacent to an activating group) is 1. The van der Waals surface area contributed by atoms with E-state index in [1.807, 2.05) is 19.2 Å². The Kier molecular flexibility index (Phi) is 6.19. The van der Waals surface area contributed by atoms with Gasteiger partial charge in [0.25, 0.3) is 5.91 Å². The van der Waals surface area contributed by atoms with Crippen LogP contribution in [0.3, 0.4) is 0 Å². The number of nitrogens with zero attached hydrogens (tertiary/aromatic N) is 3. The van der Waals surface area contributed by atoms with Gasteiger partial charge in [0.05, 0.1) is 0 Å². The fourth-order valence-corrected chi connectivity index (χ4v) is 2.58. The SMILES string of the molecule is Cc1cccc(CCN/C=C(/C#N)C(=O)N2CCN(C)CC2)c1. The zero-order valence-corrected chi connectivity index (χ0v) is 13.9. The zero-order chi connectivity index (χ0) is 16.7. The van der Waals surface area contributed by atoms with E-state index in [1.54, 1.807) is 11.1 Å². The van der Waals surface area contributed by atoms with Crippen LogP contribution in [0.4, 0.5) is 0 Å². The second-order valence-electron chi connectivity index (χ2n) is 5.96. The van der Waals surface area contributed by atoms with Crippen LogP contribution in [0.1, 0.15) is 11.1 Å². The third-order valence-electron chi connectivity index (χ3n) is 4.03. The number of nitrogens with one attached hydrogen (secondary N) is 1. The lowest BCUT2D eigenvalue weighted by Gasteiger charge is -2.32. The van der Waals surface area contributed by atoms with Crippen molar-refractivity contribution in [2.24, 2.45) is 0 Å². The molecule has 1 saturated heterocycles. The fourth-order valence-electron chi connectivity index (χ4n) is 2.58. The summed E-state index contributed by atoms with van der Waals surface area (Å²) in [6.45, 7) is 5.83. The van der Waals surface area contributed by atoms with Crippen molar-refractivity contribution >= 4 is 5.91 Å². The van der Waals surface area contributed by atoms with Crippen molar-refractivity contribution in [3.8, 4) is 6.07 Å². The van der Waals surface area contributed by atoms with Crippen molar-refractivity contribution in [2.75, 3.05) is 39.8 Å². The van der Waals surface area contributed by atoms with Gasteiger partial charge in [0.15, 0.2) is 0 Å². The highest BCUT2D eigenvalue weighted by Crippen LogP contribution is 2.06. The Morgan fingerprint density at radius 3 is 2.74 bits per heavy atom. The summed E-state index contributed by atoms with van der Waals surface area (Å²) < 4.78 is 0. The molecule has 2 rings (SSSR count). The number of piperazine rings is 1. The predicted molar refractivity (Wildman–Crippen MR) is 90.7 cm³/mol. The minimum absolute atomic E-state index is 0.177. The number of aryl methyl sites for hydroxylation is 1. The van der Waals surface area contributed by atoms with Crippen LogP contribution in [-0.2, 0) is 11.2 Å². The molecule has 1 aromatic rings. The van der Waals surface area contributed by atoms with E-state index in [0.717, 1.165) is 19.5 Å². The molecular formula is C18H24N4O. The molecule has 122 valence electrons. The summed E-state index contributed by atoms with van der Waals surface area (Å²) in [5.41, 5.74) is 2.66. The highest BCUT2D eigenvalue weighted by molar-refractivity contribution is 5.97. The smallest absolute Gasteiger partial charge is 0.266 e. The summed E-state index contributed by atoms with van der Waals surface area (Å²) >= 11 is 0. The number of carbonyl (C=O) groups is 1. The Balaban J connectivity index is 1.84. The molecule has 1 fully saturated rings. The molecule has 1 amide bonds. The number of nitriles is 1. The van der Waals surface area contributed by atoms with E-state index in [0.29, 0.717) is 19.6 Å². The maximum absolute atomic E-state index is 12.3. The van der Waals surface area contributed by atoms with E-state index in [1.165, 1.54) is 11.1 Å². The highest BCUT2D eigenvalue weighted by Gasteiger charge is 2.21. The summed E-state index contributed by atoms with van der Waals surface area (Å²) in [5, 5.41) is 12.3. The van der Waals surface area contributed by atoms with Gasteiger partial charge in [-0.3, -0.25) is 4.79 Å². The Hall–Kier alpha value is -2.32. The van der Waals surface area contributed by atoms with E-state index < -0.39 is 0 Å². The molecule has 5 heteroatoms. The van der Waals surface area contributed by atoms with Crippen LogP contribution in [0.25, 0.3) is 0 Å². The number of benzene rings is 1. The van der Waals surface area contributed by atoms with Gasteiger partial charge in [0.1, 0.15) is 11.6 Å². The van der Waals surface area contributed by atoms with Crippen LogP contribution in [-0.4, -0.2) is 55.5 Å². The van der Waals surface area contributed by atoms with E-state index in [9.17, 15) is 10.1 Å². The fraction of sp³-hybridized carbons (Fsp3) is 0.444. The molecule has 23 heavy (non-hydrogen) atoms. The van der Waals surface area contributed by atoms with E-state index in [-0.39, 0.29) is 11.5 Å². The van der Waals surface area contributed by atoms with Crippen LogP contribution in [0, 0.1) is 18.3 Å². The number of rotatable bonds is 5. The van der Waals surface area contributed by atoms with Crippen molar-refractivity contribution in [1.82, 2.24) is 15.1 Å². The summed E-state index contributed by atoms with van der Waals surface area (Å²) in [6.07, 6.45) is 2.41. The van der Waals surface area contributed by atoms with Gasteiger partial charge in [0.2, 0.25) is 0 Å². The zero-order valence-electron chi connectivity index (χ0n) is 13.9. The van der Waals surface area contributed by atoms with Gasteiger partial charge in [-0.05, 0) is 26.0 Å². The molecule has 0 spiro atoms. The predicted octanol–water partition coefficient (Wildman–Crippen LogP) is 1.31. The van der Waals surface area contributed by atoms with Gasteiger partial charge in [-0.15, -0.1) is 0 Å². The molecule has 0 saturated carbocycles. The topological polar surface area (TPSA) is 59.4 Å². The number of hydrogen-bond donors (Lipinski definition) is 1. The Morgan fingerprint density at radius 2 is 2.09 bits per heavy atom. The molecular weight excluding hydrogens is 288 g/mol. The molecule has 0 unspecified atom stereocenters.